The maximum Gasteiger partial charge on any atom is 0.337 e. The molecule has 1 aliphatic carbocycles. The van der Waals surface area contributed by atoms with E-state index in [2.05, 4.69) is 17.1 Å². The number of benzene rings is 1. The fourth-order valence-electron chi connectivity index (χ4n) is 2.20. The normalized spacial score (nSPS) is 14.8. The summed E-state index contributed by atoms with van der Waals surface area (Å²) in [4.78, 5) is 13.5. The number of aromatic carboxylic acids is 1. The molecule has 1 aromatic carbocycles. The number of hydrogen-bond acceptors (Lipinski definition) is 3. The molecule has 2 rings (SSSR count). The van der Waals surface area contributed by atoms with E-state index in [0.717, 1.165) is 25.7 Å². The number of hydrogen-bond donors (Lipinski definition) is 2. The quantitative estimate of drug-likeness (QED) is 0.777. The standard InChI is InChI=1S/C14H20N2O2/c1-2-16(11-7-8-11)10-9-15-13-6-4-3-5-12(13)14(17)18/h3-6,11,15H,2,7-10H2,1H3,(H,17,18). The van der Waals surface area contributed by atoms with Crippen molar-refractivity contribution in [3.8, 4) is 0 Å². The average molecular weight is 248 g/mol. The second-order valence-corrected chi connectivity index (χ2v) is 4.64. The summed E-state index contributed by atoms with van der Waals surface area (Å²) in [6.45, 7) is 4.99. The number of anilines is 1. The lowest BCUT2D eigenvalue weighted by atomic mass is 10.2. The Morgan fingerprint density at radius 1 is 1.44 bits per heavy atom. The molecule has 18 heavy (non-hydrogen) atoms. The fourth-order valence-corrected chi connectivity index (χ4v) is 2.20. The van der Waals surface area contributed by atoms with Crippen LogP contribution in [0.15, 0.2) is 24.3 Å². The van der Waals surface area contributed by atoms with Crippen molar-refractivity contribution in [2.45, 2.75) is 25.8 Å². The van der Waals surface area contributed by atoms with Crippen molar-refractivity contribution in [3.05, 3.63) is 29.8 Å². The monoisotopic (exact) mass is 248 g/mol. The molecule has 1 saturated carbocycles. The van der Waals surface area contributed by atoms with Gasteiger partial charge in [-0.3, -0.25) is 4.90 Å². The molecule has 0 unspecified atom stereocenters. The van der Waals surface area contributed by atoms with Crippen LogP contribution >= 0.6 is 0 Å². The van der Waals surface area contributed by atoms with E-state index in [0.29, 0.717) is 11.3 Å². The molecule has 0 heterocycles. The highest BCUT2D eigenvalue weighted by atomic mass is 16.4. The molecular formula is C14H20N2O2. The van der Waals surface area contributed by atoms with E-state index in [1.807, 2.05) is 12.1 Å². The second kappa shape index (κ2) is 5.87. The summed E-state index contributed by atoms with van der Waals surface area (Å²) < 4.78 is 0. The Labute approximate surface area is 108 Å². The van der Waals surface area contributed by atoms with Crippen LogP contribution in [0.2, 0.25) is 0 Å². The van der Waals surface area contributed by atoms with Crippen molar-refractivity contribution in [1.82, 2.24) is 4.90 Å². The maximum atomic E-state index is 11.0. The highest BCUT2D eigenvalue weighted by molar-refractivity contribution is 5.94. The number of rotatable bonds is 7. The van der Waals surface area contributed by atoms with Crippen LogP contribution in [0.4, 0.5) is 5.69 Å². The second-order valence-electron chi connectivity index (χ2n) is 4.64. The third-order valence-corrected chi connectivity index (χ3v) is 3.34. The molecule has 98 valence electrons. The van der Waals surface area contributed by atoms with Crippen LogP contribution in [0.1, 0.15) is 30.1 Å². The molecule has 4 heteroatoms. The summed E-state index contributed by atoms with van der Waals surface area (Å²) in [6.07, 6.45) is 2.61. The zero-order valence-corrected chi connectivity index (χ0v) is 10.7. The Morgan fingerprint density at radius 2 is 2.17 bits per heavy atom. The van der Waals surface area contributed by atoms with Gasteiger partial charge in [0.15, 0.2) is 0 Å². The summed E-state index contributed by atoms with van der Waals surface area (Å²) >= 11 is 0. The summed E-state index contributed by atoms with van der Waals surface area (Å²) in [5.74, 6) is -0.882. The van der Waals surface area contributed by atoms with Crippen molar-refractivity contribution in [1.29, 1.82) is 0 Å². The van der Waals surface area contributed by atoms with Gasteiger partial charge in [0.05, 0.1) is 5.56 Å². The number of nitrogens with one attached hydrogen (secondary N) is 1. The smallest absolute Gasteiger partial charge is 0.337 e. The van der Waals surface area contributed by atoms with Crippen molar-refractivity contribution in [2.75, 3.05) is 25.0 Å². The van der Waals surface area contributed by atoms with Crippen molar-refractivity contribution >= 4 is 11.7 Å². The fraction of sp³-hybridized carbons (Fsp3) is 0.500. The molecule has 0 amide bonds. The largest absolute Gasteiger partial charge is 0.478 e. The maximum absolute atomic E-state index is 11.0. The van der Waals surface area contributed by atoms with Gasteiger partial charge in [-0.15, -0.1) is 0 Å². The first kappa shape index (κ1) is 12.9. The highest BCUT2D eigenvalue weighted by Crippen LogP contribution is 2.26. The van der Waals surface area contributed by atoms with Gasteiger partial charge in [-0.05, 0) is 31.5 Å². The van der Waals surface area contributed by atoms with E-state index in [9.17, 15) is 4.79 Å². The van der Waals surface area contributed by atoms with Gasteiger partial charge in [0.2, 0.25) is 0 Å². The molecular weight excluding hydrogens is 228 g/mol. The molecule has 2 N–H and O–H groups in total. The van der Waals surface area contributed by atoms with E-state index in [1.165, 1.54) is 12.8 Å². The minimum atomic E-state index is -0.882. The Balaban J connectivity index is 1.87. The highest BCUT2D eigenvalue weighted by Gasteiger charge is 2.27. The van der Waals surface area contributed by atoms with E-state index < -0.39 is 5.97 Å². The zero-order valence-electron chi connectivity index (χ0n) is 10.7. The summed E-state index contributed by atoms with van der Waals surface area (Å²) in [6, 6.07) is 7.80. The molecule has 0 radical (unpaired) electrons. The van der Waals surface area contributed by atoms with E-state index in [-0.39, 0.29) is 0 Å². The van der Waals surface area contributed by atoms with Crippen LogP contribution in [0.3, 0.4) is 0 Å². The summed E-state index contributed by atoms with van der Waals surface area (Å²) in [5.41, 5.74) is 1.05. The third-order valence-electron chi connectivity index (χ3n) is 3.34. The van der Waals surface area contributed by atoms with Crippen molar-refractivity contribution in [2.24, 2.45) is 0 Å². The Morgan fingerprint density at radius 3 is 2.78 bits per heavy atom. The molecule has 1 aromatic rings. The first-order valence-electron chi connectivity index (χ1n) is 6.52. The van der Waals surface area contributed by atoms with Gasteiger partial charge in [-0.1, -0.05) is 19.1 Å². The van der Waals surface area contributed by atoms with Gasteiger partial charge in [0.1, 0.15) is 0 Å². The van der Waals surface area contributed by atoms with Gasteiger partial charge in [-0.25, -0.2) is 4.79 Å². The van der Waals surface area contributed by atoms with Crippen LogP contribution in [0.5, 0.6) is 0 Å². The molecule has 0 bridgehead atoms. The molecule has 1 fully saturated rings. The van der Waals surface area contributed by atoms with E-state index in [1.54, 1.807) is 12.1 Å². The molecule has 0 aromatic heterocycles. The van der Waals surface area contributed by atoms with Crippen LogP contribution in [0, 0.1) is 0 Å². The Hall–Kier alpha value is -1.55. The van der Waals surface area contributed by atoms with Crippen LogP contribution in [-0.2, 0) is 0 Å². The SMILES string of the molecule is CCN(CCNc1ccccc1C(=O)O)C1CC1. The minimum absolute atomic E-state index is 0.340. The molecule has 0 aliphatic heterocycles. The van der Waals surface area contributed by atoms with Gasteiger partial charge in [-0.2, -0.15) is 0 Å². The zero-order chi connectivity index (χ0) is 13.0. The molecule has 0 saturated heterocycles. The number of likely N-dealkylation sites (N-methyl/N-ethyl adjacent to an activating group) is 1. The van der Waals surface area contributed by atoms with Crippen molar-refractivity contribution < 1.29 is 9.90 Å². The van der Waals surface area contributed by atoms with Crippen LogP contribution < -0.4 is 5.32 Å². The first-order chi connectivity index (χ1) is 8.72. The predicted octanol–water partition coefficient (Wildman–Crippen LogP) is 2.28. The molecule has 1 aliphatic rings. The summed E-state index contributed by atoms with van der Waals surface area (Å²) in [7, 11) is 0. The first-order valence-corrected chi connectivity index (χ1v) is 6.52. The summed E-state index contributed by atoms with van der Waals surface area (Å²) in [5, 5.41) is 12.3. The molecule has 0 spiro atoms. The van der Waals surface area contributed by atoms with Gasteiger partial charge < -0.3 is 10.4 Å². The van der Waals surface area contributed by atoms with E-state index in [4.69, 9.17) is 5.11 Å². The number of carboxylic acids is 1. The lowest BCUT2D eigenvalue weighted by molar-refractivity contribution is 0.0698. The van der Waals surface area contributed by atoms with Crippen LogP contribution in [0.25, 0.3) is 0 Å². The number of carboxylic acid groups (broad SMARTS) is 1. The predicted molar refractivity (Wildman–Crippen MR) is 72.2 cm³/mol. The van der Waals surface area contributed by atoms with Gasteiger partial charge >= 0.3 is 5.97 Å². The average Bonchev–Trinajstić information content (AvgIpc) is 3.19. The van der Waals surface area contributed by atoms with E-state index >= 15 is 0 Å². The molecule has 0 atom stereocenters. The third kappa shape index (κ3) is 3.23. The number of carbonyl (C=O) groups is 1. The van der Waals surface area contributed by atoms with Crippen molar-refractivity contribution in [3.63, 3.8) is 0 Å². The number of para-hydroxylation sites is 1. The topological polar surface area (TPSA) is 52.6 Å². The number of nitrogens with zero attached hydrogens (tertiary/aromatic N) is 1. The van der Waals surface area contributed by atoms with Crippen LogP contribution in [-0.4, -0.2) is 41.7 Å². The Kier molecular flexibility index (Phi) is 4.20. The van der Waals surface area contributed by atoms with Gasteiger partial charge in [0.25, 0.3) is 0 Å². The lowest BCUT2D eigenvalue weighted by Gasteiger charge is -2.20. The molecule has 4 nitrogen and oxygen atoms in total. The van der Waals surface area contributed by atoms with Gasteiger partial charge in [0, 0.05) is 24.8 Å². The lowest BCUT2D eigenvalue weighted by Crippen LogP contribution is -2.31. The minimum Gasteiger partial charge on any atom is -0.478 e. The Bertz CT molecular complexity index is 416.